The number of anilines is 1. The Morgan fingerprint density at radius 3 is 2.52 bits per heavy atom. The number of nitrogens with one attached hydrogen (secondary N) is 1. The van der Waals surface area contributed by atoms with E-state index in [1.54, 1.807) is 44.2 Å². The molecule has 0 spiro atoms. The molecule has 122 valence electrons. The fraction of sp³-hybridized carbons (Fsp3) is 0.278. The van der Waals surface area contributed by atoms with Crippen molar-refractivity contribution >= 4 is 23.4 Å². The van der Waals surface area contributed by atoms with E-state index in [-0.39, 0.29) is 11.2 Å². The van der Waals surface area contributed by atoms with Gasteiger partial charge in [-0.1, -0.05) is 30.3 Å². The van der Waals surface area contributed by atoms with Crippen LogP contribution in [0.15, 0.2) is 48.5 Å². The van der Waals surface area contributed by atoms with E-state index in [1.807, 2.05) is 18.2 Å². The van der Waals surface area contributed by atoms with Crippen LogP contribution in [0.4, 0.5) is 5.69 Å². The molecule has 1 amide bonds. The molecule has 0 radical (unpaired) electrons. The van der Waals surface area contributed by atoms with Gasteiger partial charge in [-0.05, 0) is 24.6 Å². The summed E-state index contributed by atoms with van der Waals surface area (Å²) in [6.45, 7) is 2.10. The van der Waals surface area contributed by atoms with Gasteiger partial charge < -0.3 is 14.8 Å². The Morgan fingerprint density at radius 1 is 1.13 bits per heavy atom. The average molecular weight is 331 g/mol. The molecule has 0 aliphatic rings. The fourth-order valence-electron chi connectivity index (χ4n) is 2.11. The second-order valence-corrected chi connectivity index (χ2v) is 6.31. The third-order valence-corrected chi connectivity index (χ3v) is 4.62. The second kappa shape index (κ2) is 8.48. The highest BCUT2D eigenvalue weighted by molar-refractivity contribution is 8.00. The van der Waals surface area contributed by atoms with E-state index >= 15 is 0 Å². The zero-order chi connectivity index (χ0) is 16.7. The molecule has 1 N–H and O–H groups in total. The van der Waals surface area contributed by atoms with Gasteiger partial charge >= 0.3 is 0 Å². The highest BCUT2D eigenvalue weighted by atomic mass is 32.2. The van der Waals surface area contributed by atoms with Crippen molar-refractivity contribution in [2.24, 2.45) is 0 Å². The van der Waals surface area contributed by atoms with Crippen LogP contribution in [0, 0.1) is 0 Å². The van der Waals surface area contributed by atoms with Crippen molar-refractivity contribution in [3.05, 3.63) is 54.1 Å². The molecular formula is C18H21NO3S. The van der Waals surface area contributed by atoms with Gasteiger partial charge in [0.15, 0.2) is 0 Å². The van der Waals surface area contributed by atoms with Crippen molar-refractivity contribution in [1.29, 1.82) is 0 Å². The first-order chi connectivity index (χ1) is 11.1. The lowest BCUT2D eigenvalue weighted by Crippen LogP contribution is -2.15. The molecule has 0 heterocycles. The van der Waals surface area contributed by atoms with Crippen LogP contribution in [0.5, 0.6) is 11.5 Å². The summed E-state index contributed by atoms with van der Waals surface area (Å²) >= 11 is 1.60. The molecule has 23 heavy (non-hydrogen) atoms. The number of thioether (sulfide) groups is 1. The summed E-state index contributed by atoms with van der Waals surface area (Å²) in [6, 6.07) is 15.5. The van der Waals surface area contributed by atoms with Gasteiger partial charge in [0, 0.05) is 11.3 Å². The molecule has 0 saturated carbocycles. The number of methoxy groups -OCH3 is 2. The van der Waals surface area contributed by atoms with Gasteiger partial charge in [0.25, 0.3) is 0 Å². The molecule has 2 aromatic rings. The largest absolute Gasteiger partial charge is 0.497 e. The van der Waals surface area contributed by atoms with E-state index in [2.05, 4.69) is 24.4 Å². The number of carbonyl (C=O) groups is 1. The van der Waals surface area contributed by atoms with Gasteiger partial charge in [0.2, 0.25) is 5.91 Å². The van der Waals surface area contributed by atoms with E-state index < -0.39 is 0 Å². The monoisotopic (exact) mass is 331 g/mol. The second-order valence-electron chi connectivity index (χ2n) is 4.98. The van der Waals surface area contributed by atoms with Gasteiger partial charge in [-0.3, -0.25) is 4.79 Å². The number of hydrogen-bond donors (Lipinski definition) is 1. The Balaban J connectivity index is 1.92. The number of amides is 1. The molecule has 0 fully saturated rings. The maximum absolute atomic E-state index is 12.2. The highest BCUT2D eigenvalue weighted by Crippen LogP contribution is 2.30. The molecule has 0 unspecified atom stereocenters. The van der Waals surface area contributed by atoms with Gasteiger partial charge in [-0.25, -0.2) is 0 Å². The normalized spacial score (nSPS) is 11.6. The Bertz CT molecular complexity index is 646. The molecule has 1 atom stereocenters. The zero-order valence-corrected chi connectivity index (χ0v) is 14.4. The minimum absolute atomic E-state index is 0.0544. The fourth-order valence-corrected chi connectivity index (χ4v) is 2.93. The van der Waals surface area contributed by atoms with Crippen LogP contribution >= 0.6 is 11.8 Å². The lowest BCUT2D eigenvalue weighted by molar-refractivity contribution is -0.113. The van der Waals surface area contributed by atoms with Crippen LogP contribution in [0.1, 0.15) is 17.7 Å². The quantitative estimate of drug-likeness (QED) is 0.828. The Labute approximate surface area is 141 Å². The van der Waals surface area contributed by atoms with Gasteiger partial charge in [-0.15, -0.1) is 11.8 Å². The van der Waals surface area contributed by atoms with Gasteiger partial charge in [0.05, 0.1) is 25.7 Å². The van der Waals surface area contributed by atoms with Crippen LogP contribution in [0.2, 0.25) is 0 Å². The summed E-state index contributed by atoms with van der Waals surface area (Å²) in [5, 5.41) is 3.14. The first-order valence-corrected chi connectivity index (χ1v) is 8.37. The minimum Gasteiger partial charge on any atom is -0.497 e. The Kier molecular flexibility index (Phi) is 6.35. The van der Waals surface area contributed by atoms with Gasteiger partial charge in [-0.2, -0.15) is 0 Å². The summed E-state index contributed by atoms with van der Waals surface area (Å²) in [5.74, 6) is 1.59. The zero-order valence-electron chi connectivity index (χ0n) is 13.5. The van der Waals surface area contributed by atoms with E-state index in [0.29, 0.717) is 22.9 Å². The van der Waals surface area contributed by atoms with E-state index in [1.165, 1.54) is 5.56 Å². The van der Waals surface area contributed by atoms with Crippen LogP contribution < -0.4 is 14.8 Å². The molecule has 4 nitrogen and oxygen atoms in total. The summed E-state index contributed by atoms with van der Waals surface area (Å²) in [4.78, 5) is 12.2. The third-order valence-electron chi connectivity index (χ3n) is 3.42. The molecular weight excluding hydrogens is 310 g/mol. The Hall–Kier alpha value is -2.14. The average Bonchev–Trinajstić information content (AvgIpc) is 2.60. The van der Waals surface area contributed by atoms with E-state index in [4.69, 9.17) is 9.47 Å². The summed E-state index contributed by atoms with van der Waals surface area (Å²) in [6.07, 6.45) is 0. The number of ether oxygens (including phenoxy) is 2. The van der Waals surface area contributed by atoms with Gasteiger partial charge in [0.1, 0.15) is 11.5 Å². The molecule has 5 heteroatoms. The maximum Gasteiger partial charge on any atom is 0.234 e. The van der Waals surface area contributed by atoms with Crippen molar-refractivity contribution < 1.29 is 14.3 Å². The predicted octanol–water partition coefficient (Wildman–Crippen LogP) is 4.14. The molecule has 0 aliphatic carbocycles. The van der Waals surface area contributed by atoms with Crippen LogP contribution in [-0.2, 0) is 4.79 Å². The van der Waals surface area contributed by atoms with Crippen molar-refractivity contribution in [2.45, 2.75) is 12.2 Å². The number of rotatable bonds is 7. The van der Waals surface area contributed by atoms with Crippen LogP contribution in [0.3, 0.4) is 0 Å². The molecule has 0 aromatic heterocycles. The maximum atomic E-state index is 12.2. The molecule has 2 rings (SSSR count). The standard InChI is InChI=1S/C18H21NO3S/c1-13(14-7-5-4-6-8-14)23-12-18(20)19-16-10-9-15(21-2)11-17(16)22-3/h4-11,13H,12H2,1-3H3,(H,19,20)/t13-/m1/s1. The van der Waals surface area contributed by atoms with Crippen LogP contribution in [-0.4, -0.2) is 25.9 Å². The van der Waals surface area contributed by atoms with E-state index in [0.717, 1.165) is 0 Å². The van der Waals surface area contributed by atoms with E-state index in [9.17, 15) is 4.79 Å². The van der Waals surface area contributed by atoms with Crippen molar-refractivity contribution in [2.75, 3.05) is 25.3 Å². The van der Waals surface area contributed by atoms with Crippen molar-refractivity contribution in [3.8, 4) is 11.5 Å². The number of benzene rings is 2. The molecule has 0 saturated heterocycles. The lowest BCUT2D eigenvalue weighted by atomic mass is 10.2. The topological polar surface area (TPSA) is 47.6 Å². The highest BCUT2D eigenvalue weighted by Gasteiger charge is 2.12. The lowest BCUT2D eigenvalue weighted by Gasteiger charge is -2.13. The summed E-state index contributed by atoms with van der Waals surface area (Å²) in [5.41, 5.74) is 1.86. The van der Waals surface area contributed by atoms with Crippen molar-refractivity contribution in [1.82, 2.24) is 0 Å². The minimum atomic E-state index is -0.0544. The first kappa shape index (κ1) is 17.2. The first-order valence-electron chi connectivity index (χ1n) is 7.32. The predicted molar refractivity (Wildman–Crippen MR) is 95.5 cm³/mol. The number of hydrogen-bond acceptors (Lipinski definition) is 4. The SMILES string of the molecule is COc1ccc(NC(=O)CS[C@H](C)c2ccccc2)c(OC)c1. The number of carbonyl (C=O) groups excluding carboxylic acids is 1. The Morgan fingerprint density at radius 2 is 1.87 bits per heavy atom. The molecule has 2 aromatic carbocycles. The molecule has 0 aliphatic heterocycles. The third kappa shape index (κ3) is 4.93. The molecule has 0 bridgehead atoms. The van der Waals surface area contributed by atoms with Crippen LogP contribution in [0.25, 0.3) is 0 Å². The summed E-state index contributed by atoms with van der Waals surface area (Å²) in [7, 11) is 3.16. The van der Waals surface area contributed by atoms with Crippen molar-refractivity contribution in [3.63, 3.8) is 0 Å². The smallest absolute Gasteiger partial charge is 0.234 e. The summed E-state index contributed by atoms with van der Waals surface area (Å²) < 4.78 is 10.4.